The zero-order valence-electron chi connectivity index (χ0n) is 20.8. The van der Waals surface area contributed by atoms with Gasteiger partial charge in [0.2, 0.25) is 0 Å². The summed E-state index contributed by atoms with van der Waals surface area (Å²) in [6.07, 6.45) is -6.89. The average molecular weight is 497 g/mol. The van der Waals surface area contributed by atoms with Crippen molar-refractivity contribution in [3.63, 3.8) is 0 Å². The summed E-state index contributed by atoms with van der Waals surface area (Å²) in [5, 5.41) is 15.1. The van der Waals surface area contributed by atoms with E-state index in [1.54, 1.807) is 41.5 Å². The molecule has 0 saturated carbocycles. The highest BCUT2D eigenvalue weighted by atomic mass is 19.4. The number of benzene rings is 2. The van der Waals surface area contributed by atoms with Crippen LogP contribution in [0.3, 0.4) is 0 Å². The van der Waals surface area contributed by atoms with Gasteiger partial charge in [0, 0.05) is 5.69 Å². The van der Waals surface area contributed by atoms with E-state index in [0.29, 0.717) is 0 Å². The standard InChI is InChI=1S/C25H31F3N2O5/c1-22(2,3)34-20(32)29-17-13-9-8-11-15(17)24(7,25(26,27)28)16-12-10-14-18(31)19(16)30-21(33)35-23(4,5)6/h8-14,31H,1-7H3,(H,29,32)(H,30,33). The monoisotopic (exact) mass is 496 g/mol. The molecule has 2 amide bonds. The maximum Gasteiger partial charge on any atom is 0.412 e. The van der Waals surface area contributed by atoms with E-state index in [2.05, 4.69) is 10.6 Å². The van der Waals surface area contributed by atoms with Crippen molar-refractivity contribution in [1.82, 2.24) is 0 Å². The summed E-state index contributed by atoms with van der Waals surface area (Å²) in [5.74, 6) is -0.582. The van der Waals surface area contributed by atoms with Crippen LogP contribution in [0, 0.1) is 0 Å². The second-order valence-corrected chi connectivity index (χ2v) is 10.1. The highest BCUT2D eigenvalue weighted by Gasteiger charge is 2.56. The van der Waals surface area contributed by atoms with E-state index in [1.165, 1.54) is 30.3 Å². The fraction of sp³-hybridized carbons (Fsp3) is 0.440. The molecule has 3 N–H and O–H groups in total. The van der Waals surface area contributed by atoms with Crippen molar-refractivity contribution in [2.45, 2.75) is 71.3 Å². The number of amides is 2. The first-order valence-corrected chi connectivity index (χ1v) is 10.8. The molecule has 10 heteroatoms. The number of nitrogens with one attached hydrogen (secondary N) is 2. The Kier molecular flexibility index (Phi) is 7.69. The fourth-order valence-electron chi connectivity index (χ4n) is 3.39. The number of phenols is 1. The van der Waals surface area contributed by atoms with Crippen molar-refractivity contribution in [1.29, 1.82) is 0 Å². The van der Waals surface area contributed by atoms with E-state index in [1.807, 2.05) is 0 Å². The van der Waals surface area contributed by atoms with E-state index in [9.17, 15) is 27.9 Å². The van der Waals surface area contributed by atoms with Crippen LogP contribution in [0.25, 0.3) is 0 Å². The summed E-state index contributed by atoms with van der Waals surface area (Å²) in [6, 6.07) is 8.91. The SMILES string of the molecule is CC(C)(C)OC(=O)Nc1ccccc1C(C)(c1cccc(O)c1NC(=O)OC(C)(C)C)C(F)(F)F. The first kappa shape index (κ1) is 27.8. The number of anilines is 2. The Morgan fingerprint density at radius 2 is 1.23 bits per heavy atom. The molecule has 0 spiro atoms. The van der Waals surface area contributed by atoms with Crippen LogP contribution in [0.15, 0.2) is 42.5 Å². The molecular formula is C25H31F3N2O5. The van der Waals surface area contributed by atoms with Crippen LogP contribution < -0.4 is 10.6 Å². The molecule has 1 unspecified atom stereocenters. The van der Waals surface area contributed by atoms with Gasteiger partial charge >= 0.3 is 18.4 Å². The highest BCUT2D eigenvalue weighted by molar-refractivity contribution is 5.90. The second-order valence-electron chi connectivity index (χ2n) is 10.1. The molecule has 192 valence electrons. The largest absolute Gasteiger partial charge is 0.506 e. The van der Waals surface area contributed by atoms with Crippen LogP contribution in [-0.4, -0.2) is 34.7 Å². The van der Waals surface area contributed by atoms with Gasteiger partial charge in [-0.05, 0) is 71.7 Å². The zero-order valence-corrected chi connectivity index (χ0v) is 20.8. The number of aromatic hydroxyl groups is 1. The normalized spacial score (nSPS) is 14.0. The van der Waals surface area contributed by atoms with Gasteiger partial charge in [-0.25, -0.2) is 9.59 Å². The number of hydrogen-bond acceptors (Lipinski definition) is 5. The number of rotatable bonds is 4. The third kappa shape index (κ3) is 6.80. The molecule has 0 aliphatic carbocycles. The minimum atomic E-state index is -4.92. The molecule has 0 radical (unpaired) electrons. The van der Waals surface area contributed by atoms with Crippen molar-refractivity contribution in [3.05, 3.63) is 53.6 Å². The highest BCUT2D eigenvalue weighted by Crippen LogP contribution is 2.52. The summed E-state index contributed by atoms with van der Waals surface area (Å²) >= 11 is 0. The fourth-order valence-corrected chi connectivity index (χ4v) is 3.39. The Morgan fingerprint density at radius 3 is 1.74 bits per heavy atom. The van der Waals surface area contributed by atoms with Crippen molar-refractivity contribution < 1.29 is 37.3 Å². The molecule has 0 aromatic heterocycles. The maximum absolute atomic E-state index is 14.8. The Morgan fingerprint density at radius 1 is 0.743 bits per heavy atom. The summed E-state index contributed by atoms with van der Waals surface area (Å²) in [7, 11) is 0. The van der Waals surface area contributed by atoms with Gasteiger partial charge in [0.1, 0.15) is 22.4 Å². The lowest BCUT2D eigenvalue weighted by atomic mass is 9.73. The van der Waals surface area contributed by atoms with Gasteiger partial charge in [-0.15, -0.1) is 0 Å². The molecular weight excluding hydrogens is 465 g/mol. The zero-order chi connectivity index (χ0) is 26.8. The maximum atomic E-state index is 14.8. The van der Waals surface area contributed by atoms with Gasteiger partial charge in [-0.3, -0.25) is 10.6 Å². The van der Waals surface area contributed by atoms with Gasteiger partial charge in [0.25, 0.3) is 0 Å². The number of carbonyl (C=O) groups is 2. The Bertz CT molecular complexity index is 1090. The van der Waals surface area contributed by atoms with Crippen LogP contribution in [0.1, 0.15) is 59.6 Å². The van der Waals surface area contributed by atoms with E-state index in [-0.39, 0.29) is 11.3 Å². The van der Waals surface area contributed by atoms with Crippen LogP contribution >= 0.6 is 0 Å². The Labute approximate surface area is 202 Å². The third-order valence-corrected chi connectivity index (χ3v) is 4.88. The lowest BCUT2D eigenvalue weighted by Gasteiger charge is -2.36. The van der Waals surface area contributed by atoms with Crippen molar-refractivity contribution >= 4 is 23.6 Å². The number of carbonyl (C=O) groups excluding carboxylic acids is 2. The average Bonchev–Trinajstić information content (AvgIpc) is 2.65. The number of ether oxygens (including phenoxy) is 2. The van der Waals surface area contributed by atoms with E-state index in [4.69, 9.17) is 9.47 Å². The van der Waals surface area contributed by atoms with Crippen LogP contribution in [0.4, 0.5) is 34.1 Å². The van der Waals surface area contributed by atoms with Crippen LogP contribution in [-0.2, 0) is 14.9 Å². The number of hydrogen-bond donors (Lipinski definition) is 3. The predicted molar refractivity (Wildman–Crippen MR) is 127 cm³/mol. The summed E-state index contributed by atoms with van der Waals surface area (Å²) in [5.41, 5.74) is -5.96. The quantitative estimate of drug-likeness (QED) is 0.398. The summed E-state index contributed by atoms with van der Waals surface area (Å²) in [6.45, 7) is 10.6. The Hall–Kier alpha value is -3.43. The first-order chi connectivity index (χ1) is 15.8. The molecule has 2 rings (SSSR count). The van der Waals surface area contributed by atoms with Crippen molar-refractivity contribution in [3.8, 4) is 5.75 Å². The molecule has 0 aliphatic rings. The van der Waals surface area contributed by atoms with E-state index >= 15 is 0 Å². The lowest BCUT2D eigenvalue weighted by Crippen LogP contribution is -2.42. The van der Waals surface area contributed by atoms with Crippen LogP contribution in [0.2, 0.25) is 0 Å². The van der Waals surface area contributed by atoms with E-state index in [0.717, 1.165) is 19.1 Å². The minimum absolute atomic E-state index is 0.145. The number of halogens is 3. The number of para-hydroxylation sites is 2. The second kappa shape index (κ2) is 9.67. The smallest absolute Gasteiger partial charge is 0.412 e. The molecule has 0 heterocycles. The molecule has 0 fully saturated rings. The topological polar surface area (TPSA) is 96.9 Å². The minimum Gasteiger partial charge on any atom is -0.506 e. The number of alkyl halides is 3. The molecule has 2 aromatic rings. The number of phenolic OH excluding ortho intramolecular Hbond substituents is 1. The summed E-state index contributed by atoms with van der Waals surface area (Å²) in [4.78, 5) is 24.8. The first-order valence-electron chi connectivity index (χ1n) is 10.8. The van der Waals surface area contributed by atoms with Gasteiger partial charge < -0.3 is 14.6 Å². The van der Waals surface area contributed by atoms with Gasteiger partial charge in [0.15, 0.2) is 0 Å². The van der Waals surface area contributed by atoms with Gasteiger partial charge in [0.05, 0.1) is 5.69 Å². The third-order valence-electron chi connectivity index (χ3n) is 4.88. The molecule has 0 bridgehead atoms. The molecule has 2 aromatic carbocycles. The molecule has 7 nitrogen and oxygen atoms in total. The molecule has 0 aliphatic heterocycles. The van der Waals surface area contributed by atoms with E-state index < -0.39 is 52.0 Å². The van der Waals surface area contributed by atoms with Gasteiger partial charge in [-0.2, -0.15) is 13.2 Å². The van der Waals surface area contributed by atoms with Crippen molar-refractivity contribution in [2.75, 3.05) is 10.6 Å². The van der Waals surface area contributed by atoms with Crippen LogP contribution in [0.5, 0.6) is 5.75 Å². The molecule has 0 saturated heterocycles. The Balaban J connectivity index is 2.68. The molecule has 1 atom stereocenters. The summed E-state index contributed by atoms with van der Waals surface area (Å²) < 4.78 is 54.8. The van der Waals surface area contributed by atoms with Gasteiger partial charge in [-0.1, -0.05) is 30.3 Å². The predicted octanol–water partition coefficient (Wildman–Crippen LogP) is 6.95. The lowest BCUT2D eigenvalue weighted by molar-refractivity contribution is -0.172. The molecule has 35 heavy (non-hydrogen) atoms. The van der Waals surface area contributed by atoms with Crippen molar-refractivity contribution in [2.24, 2.45) is 0 Å².